The van der Waals surface area contributed by atoms with Crippen LogP contribution in [0.5, 0.6) is 5.75 Å². The number of methoxy groups -OCH3 is 1. The van der Waals surface area contributed by atoms with Gasteiger partial charge in [0.2, 0.25) is 0 Å². The van der Waals surface area contributed by atoms with Crippen LogP contribution in [-0.2, 0) is 0 Å². The fourth-order valence-corrected chi connectivity index (χ4v) is 3.33. The maximum absolute atomic E-state index is 12.5. The van der Waals surface area contributed by atoms with Gasteiger partial charge in [0.05, 0.1) is 17.5 Å². The number of nitrogens with one attached hydrogen (secondary N) is 1. The van der Waals surface area contributed by atoms with E-state index in [1.54, 1.807) is 12.6 Å². The average Bonchev–Trinajstić information content (AvgIpc) is 3.06. The molecule has 7 nitrogen and oxygen atoms in total. The van der Waals surface area contributed by atoms with E-state index in [1.165, 1.54) is 16.2 Å². The highest BCUT2D eigenvalue weighted by molar-refractivity contribution is 7.13. The molecule has 0 aliphatic heterocycles. The Morgan fingerprint density at radius 3 is 2.62 bits per heavy atom. The summed E-state index contributed by atoms with van der Waals surface area (Å²) < 4.78 is 5.36. The molecule has 26 heavy (non-hydrogen) atoms. The first-order valence-corrected chi connectivity index (χ1v) is 8.99. The van der Waals surface area contributed by atoms with E-state index >= 15 is 0 Å². The van der Waals surface area contributed by atoms with Crippen molar-refractivity contribution in [3.8, 4) is 16.2 Å². The summed E-state index contributed by atoms with van der Waals surface area (Å²) in [5, 5.41) is 12.0. The Labute approximate surface area is 156 Å². The molecule has 2 amide bonds. The van der Waals surface area contributed by atoms with Crippen molar-refractivity contribution in [1.29, 1.82) is 0 Å². The zero-order chi connectivity index (χ0) is 19.3. The van der Waals surface area contributed by atoms with E-state index in [0.29, 0.717) is 16.3 Å². The van der Waals surface area contributed by atoms with E-state index in [0.717, 1.165) is 5.56 Å². The summed E-state index contributed by atoms with van der Waals surface area (Å²) in [4.78, 5) is 30.0. The van der Waals surface area contributed by atoms with Gasteiger partial charge in [0.25, 0.3) is 5.91 Å². The van der Waals surface area contributed by atoms with Gasteiger partial charge in [-0.15, -0.1) is 11.3 Å². The molecule has 8 heteroatoms. The number of nitrogens with zero attached hydrogens (tertiary/aromatic N) is 2. The van der Waals surface area contributed by atoms with Crippen molar-refractivity contribution in [3.63, 3.8) is 0 Å². The van der Waals surface area contributed by atoms with E-state index in [2.05, 4.69) is 10.3 Å². The summed E-state index contributed by atoms with van der Waals surface area (Å²) in [5.74, 6) is 0.321. The standard InChI is InChI=1S/C18H23N3O4S/c1-18(2,3)21(17(23)24)10-9-19-16(22)14-15(26-11-20-14)12-7-5-6-8-13(12)25-4/h5-8,11H,9-10H2,1-4H3,(H,19,22)(H,23,24). The van der Waals surface area contributed by atoms with Crippen molar-refractivity contribution >= 4 is 23.3 Å². The van der Waals surface area contributed by atoms with Crippen LogP contribution in [-0.4, -0.2) is 52.7 Å². The van der Waals surface area contributed by atoms with Gasteiger partial charge in [-0.25, -0.2) is 9.78 Å². The topological polar surface area (TPSA) is 91.8 Å². The molecule has 0 fully saturated rings. The lowest BCUT2D eigenvalue weighted by Crippen LogP contribution is -2.48. The summed E-state index contributed by atoms with van der Waals surface area (Å²) in [6, 6.07) is 7.42. The summed E-state index contributed by atoms with van der Waals surface area (Å²) in [6.45, 7) is 5.82. The molecule has 0 bridgehead atoms. The van der Waals surface area contributed by atoms with Crippen molar-refractivity contribution in [1.82, 2.24) is 15.2 Å². The lowest BCUT2D eigenvalue weighted by molar-refractivity contribution is 0.0889. The summed E-state index contributed by atoms with van der Waals surface area (Å²) in [6.07, 6.45) is -1.02. The first-order valence-electron chi connectivity index (χ1n) is 8.11. The van der Waals surface area contributed by atoms with Gasteiger partial charge in [-0.3, -0.25) is 4.79 Å². The Morgan fingerprint density at radius 2 is 2.00 bits per heavy atom. The first kappa shape index (κ1) is 19.7. The highest BCUT2D eigenvalue weighted by Crippen LogP contribution is 2.34. The van der Waals surface area contributed by atoms with Crippen LogP contribution < -0.4 is 10.1 Å². The lowest BCUT2D eigenvalue weighted by atomic mass is 10.1. The van der Waals surface area contributed by atoms with E-state index < -0.39 is 11.6 Å². The number of aromatic nitrogens is 1. The molecule has 1 aromatic heterocycles. The Kier molecular flexibility index (Phi) is 6.20. The first-order chi connectivity index (χ1) is 12.3. The van der Waals surface area contributed by atoms with Crippen LogP contribution in [0.15, 0.2) is 29.8 Å². The van der Waals surface area contributed by atoms with Gasteiger partial charge in [0.15, 0.2) is 0 Å². The third-order valence-electron chi connectivity index (χ3n) is 3.80. The maximum Gasteiger partial charge on any atom is 0.407 e. The molecule has 2 aromatic rings. The highest BCUT2D eigenvalue weighted by atomic mass is 32.1. The molecule has 1 heterocycles. The minimum atomic E-state index is -1.02. The highest BCUT2D eigenvalue weighted by Gasteiger charge is 2.26. The fraction of sp³-hybridized carbons (Fsp3) is 0.389. The van der Waals surface area contributed by atoms with E-state index in [1.807, 2.05) is 45.0 Å². The molecular weight excluding hydrogens is 354 g/mol. The normalized spacial score (nSPS) is 11.1. The fourth-order valence-electron chi connectivity index (χ4n) is 2.51. The molecule has 0 unspecified atom stereocenters. The van der Waals surface area contributed by atoms with Gasteiger partial charge in [0, 0.05) is 24.2 Å². The average molecular weight is 377 g/mol. The van der Waals surface area contributed by atoms with Crippen LogP contribution in [0.25, 0.3) is 10.4 Å². The number of para-hydroxylation sites is 1. The number of rotatable bonds is 6. The van der Waals surface area contributed by atoms with Gasteiger partial charge < -0.3 is 20.1 Å². The number of hydrogen-bond acceptors (Lipinski definition) is 5. The van der Waals surface area contributed by atoms with Crippen LogP contribution in [0.4, 0.5) is 4.79 Å². The third-order valence-corrected chi connectivity index (χ3v) is 4.66. The Bertz CT molecular complexity index is 783. The van der Waals surface area contributed by atoms with Gasteiger partial charge in [-0.05, 0) is 32.9 Å². The summed E-state index contributed by atoms with van der Waals surface area (Å²) >= 11 is 1.35. The Morgan fingerprint density at radius 1 is 1.31 bits per heavy atom. The van der Waals surface area contributed by atoms with Gasteiger partial charge in [0.1, 0.15) is 11.4 Å². The Balaban J connectivity index is 2.10. The molecule has 0 spiro atoms. The summed E-state index contributed by atoms with van der Waals surface area (Å²) in [7, 11) is 1.58. The lowest BCUT2D eigenvalue weighted by Gasteiger charge is -2.33. The molecule has 0 saturated carbocycles. The number of thiazole rings is 1. The number of carboxylic acid groups (broad SMARTS) is 1. The van der Waals surface area contributed by atoms with E-state index in [4.69, 9.17) is 4.74 Å². The molecular formula is C18H23N3O4S. The monoisotopic (exact) mass is 377 g/mol. The molecule has 2 N–H and O–H groups in total. The largest absolute Gasteiger partial charge is 0.496 e. The molecule has 1 aromatic carbocycles. The zero-order valence-electron chi connectivity index (χ0n) is 15.3. The molecule has 0 radical (unpaired) electrons. The van der Waals surface area contributed by atoms with Crippen LogP contribution in [0.1, 0.15) is 31.3 Å². The van der Waals surface area contributed by atoms with Crippen LogP contribution in [0.3, 0.4) is 0 Å². The second kappa shape index (κ2) is 8.18. The molecule has 140 valence electrons. The zero-order valence-corrected chi connectivity index (χ0v) is 16.1. The van der Waals surface area contributed by atoms with Crippen LogP contribution in [0.2, 0.25) is 0 Å². The van der Waals surface area contributed by atoms with Crippen molar-refractivity contribution in [2.24, 2.45) is 0 Å². The smallest absolute Gasteiger partial charge is 0.407 e. The SMILES string of the molecule is COc1ccccc1-c1scnc1C(=O)NCCN(C(=O)O)C(C)(C)C. The molecule has 2 rings (SSSR count). The third kappa shape index (κ3) is 4.51. The minimum Gasteiger partial charge on any atom is -0.496 e. The van der Waals surface area contributed by atoms with E-state index in [9.17, 15) is 14.7 Å². The van der Waals surface area contributed by atoms with Crippen LogP contribution >= 0.6 is 11.3 Å². The van der Waals surface area contributed by atoms with Crippen molar-refractivity contribution in [3.05, 3.63) is 35.5 Å². The number of ether oxygens (including phenoxy) is 1. The maximum atomic E-state index is 12.5. The molecule has 0 atom stereocenters. The van der Waals surface area contributed by atoms with Gasteiger partial charge >= 0.3 is 6.09 Å². The molecule has 0 aliphatic carbocycles. The number of amides is 2. The van der Waals surface area contributed by atoms with Crippen LogP contribution in [0, 0.1) is 0 Å². The number of benzene rings is 1. The second-order valence-electron chi connectivity index (χ2n) is 6.59. The number of carbonyl (C=O) groups excluding carboxylic acids is 1. The summed E-state index contributed by atoms with van der Waals surface area (Å²) in [5.41, 5.74) is 2.16. The number of carbonyl (C=O) groups is 2. The predicted molar refractivity (Wildman–Crippen MR) is 101 cm³/mol. The second-order valence-corrected chi connectivity index (χ2v) is 7.45. The van der Waals surface area contributed by atoms with Crippen molar-refractivity contribution in [2.75, 3.05) is 20.2 Å². The minimum absolute atomic E-state index is 0.193. The van der Waals surface area contributed by atoms with Crippen molar-refractivity contribution in [2.45, 2.75) is 26.3 Å². The van der Waals surface area contributed by atoms with E-state index in [-0.39, 0.29) is 19.0 Å². The predicted octanol–water partition coefficient (Wildman–Crippen LogP) is 3.33. The van der Waals surface area contributed by atoms with Gasteiger partial charge in [-0.1, -0.05) is 12.1 Å². The molecule has 0 saturated heterocycles. The molecule has 0 aliphatic rings. The number of hydrogen-bond donors (Lipinski definition) is 2. The Hall–Kier alpha value is -2.61. The quantitative estimate of drug-likeness (QED) is 0.806. The van der Waals surface area contributed by atoms with Crippen molar-refractivity contribution < 1.29 is 19.4 Å². The van der Waals surface area contributed by atoms with Gasteiger partial charge in [-0.2, -0.15) is 0 Å².